The van der Waals surface area contributed by atoms with Gasteiger partial charge in [0.25, 0.3) is 0 Å². The highest BCUT2D eigenvalue weighted by atomic mass is 31.2. The van der Waals surface area contributed by atoms with Crippen molar-refractivity contribution in [1.29, 1.82) is 0 Å². The molecule has 0 saturated heterocycles. The molecule has 0 aromatic carbocycles. The summed E-state index contributed by atoms with van der Waals surface area (Å²) in [5.41, 5.74) is 0. The number of hydrogen-bond acceptors (Lipinski definition) is 3. The number of rotatable bonds is 6. The maximum absolute atomic E-state index is 12.8. The van der Waals surface area contributed by atoms with Crippen LogP contribution in [-0.2, 0) is 13.6 Å². The number of halogens is 1. The van der Waals surface area contributed by atoms with Crippen LogP contribution in [0.3, 0.4) is 0 Å². The lowest BCUT2D eigenvalue weighted by Crippen LogP contribution is -2.05. The third-order valence-corrected chi connectivity index (χ3v) is 2.46. The number of hydrogen-bond donors (Lipinski definition) is 0. The molecule has 0 heterocycles. The first-order valence-corrected chi connectivity index (χ1v) is 5.57. The third kappa shape index (κ3) is 5.70. The second kappa shape index (κ2) is 5.68. The van der Waals surface area contributed by atoms with Gasteiger partial charge in [-0.25, -0.2) is 4.57 Å². The van der Waals surface area contributed by atoms with Gasteiger partial charge in [-0.2, -0.15) is 0 Å². The zero-order valence-corrected chi connectivity index (χ0v) is 8.64. The Labute approximate surface area is 72.9 Å². The Morgan fingerprint density at radius 3 is 2.50 bits per heavy atom. The second-order valence-corrected chi connectivity index (χ2v) is 3.88. The van der Waals surface area contributed by atoms with Gasteiger partial charge in [0.15, 0.2) is 0 Å². The lowest BCUT2D eigenvalue weighted by atomic mass is 10.2. The summed E-state index contributed by atoms with van der Waals surface area (Å²) in [4.78, 5) is 0. The second-order valence-electron chi connectivity index (χ2n) is 2.55. The molecule has 0 fully saturated rings. The van der Waals surface area contributed by atoms with Gasteiger partial charge >= 0.3 is 7.91 Å². The quantitative estimate of drug-likeness (QED) is 0.614. The Morgan fingerprint density at radius 2 is 2.08 bits per heavy atom. The van der Waals surface area contributed by atoms with Gasteiger partial charge in [-0.15, -0.1) is 4.20 Å². The van der Waals surface area contributed by atoms with Crippen LogP contribution in [0.25, 0.3) is 0 Å². The Balaban J connectivity index is 3.79. The van der Waals surface area contributed by atoms with Crippen LogP contribution in [0.1, 0.15) is 33.6 Å². The fraction of sp³-hybridized carbons (Fsp3) is 1.00. The van der Waals surface area contributed by atoms with Gasteiger partial charge < -0.3 is 0 Å². The van der Waals surface area contributed by atoms with E-state index in [0.717, 1.165) is 6.42 Å². The predicted octanol–water partition coefficient (Wildman–Crippen LogP) is 3.31. The van der Waals surface area contributed by atoms with Crippen LogP contribution in [0.2, 0.25) is 0 Å². The maximum atomic E-state index is 12.8. The van der Waals surface area contributed by atoms with Crippen molar-refractivity contribution in [2.45, 2.75) is 39.7 Å². The van der Waals surface area contributed by atoms with Gasteiger partial charge in [0.05, 0.1) is 12.7 Å². The van der Waals surface area contributed by atoms with Crippen LogP contribution in [0.15, 0.2) is 0 Å². The highest BCUT2D eigenvalue weighted by Gasteiger charge is 2.25. The summed E-state index contributed by atoms with van der Waals surface area (Å²) in [6, 6.07) is 0. The molecule has 0 radical (unpaired) electrons. The average Bonchev–Trinajstić information content (AvgIpc) is 1.85. The molecule has 0 aromatic heterocycles. The molecular weight excluding hydrogens is 182 g/mol. The van der Waals surface area contributed by atoms with Crippen LogP contribution in [0.5, 0.6) is 0 Å². The van der Waals surface area contributed by atoms with E-state index in [1.807, 2.05) is 6.92 Å². The van der Waals surface area contributed by atoms with Crippen molar-refractivity contribution in [3.63, 3.8) is 0 Å². The summed E-state index contributed by atoms with van der Waals surface area (Å²) in [5.74, 6) is 0. The minimum Gasteiger partial charge on any atom is -0.284 e. The molecule has 0 aliphatic heterocycles. The molecule has 0 spiro atoms. The molecular formula is C7H16FO3P. The highest BCUT2D eigenvalue weighted by molar-refractivity contribution is 7.48. The summed E-state index contributed by atoms with van der Waals surface area (Å²) < 4.78 is 32.5. The van der Waals surface area contributed by atoms with E-state index in [0.29, 0.717) is 6.42 Å². The molecule has 3 nitrogen and oxygen atoms in total. The predicted molar refractivity (Wildman–Crippen MR) is 45.8 cm³/mol. The van der Waals surface area contributed by atoms with Gasteiger partial charge in [-0.3, -0.25) is 9.05 Å². The first kappa shape index (κ1) is 12.1. The summed E-state index contributed by atoms with van der Waals surface area (Å²) >= 11 is 0. The molecule has 0 aliphatic rings. The topological polar surface area (TPSA) is 35.5 Å². The van der Waals surface area contributed by atoms with Crippen molar-refractivity contribution >= 4 is 7.91 Å². The zero-order chi connectivity index (χ0) is 9.61. The van der Waals surface area contributed by atoms with Crippen molar-refractivity contribution < 1.29 is 17.8 Å². The fourth-order valence-electron chi connectivity index (χ4n) is 0.859. The minimum atomic E-state index is -4.28. The smallest absolute Gasteiger partial charge is 0.284 e. The Hall–Kier alpha value is 0.0800. The van der Waals surface area contributed by atoms with Gasteiger partial charge in [0.2, 0.25) is 0 Å². The Bertz CT molecular complexity index is 163. The SMILES string of the molecule is CCCC(C)OP(=O)(F)OCC. The molecule has 5 heteroatoms. The monoisotopic (exact) mass is 198 g/mol. The molecule has 0 rings (SSSR count). The van der Waals surface area contributed by atoms with Crippen molar-refractivity contribution in [2.75, 3.05) is 6.61 Å². The molecule has 0 bridgehead atoms. The summed E-state index contributed by atoms with van der Waals surface area (Å²) in [6.45, 7) is 5.26. The molecule has 2 unspecified atom stereocenters. The van der Waals surface area contributed by atoms with Crippen LogP contribution >= 0.6 is 7.91 Å². The van der Waals surface area contributed by atoms with Gasteiger partial charge in [-0.1, -0.05) is 13.3 Å². The van der Waals surface area contributed by atoms with Gasteiger partial charge in [0.1, 0.15) is 0 Å². The lowest BCUT2D eigenvalue weighted by Gasteiger charge is -2.14. The standard InChI is InChI=1S/C7H16FO3P/c1-4-6-7(3)11-12(8,9)10-5-2/h7H,4-6H2,1-3H3. The van der Waals surface area contributed by atoms with Crippen LogP contribution in [0.4, 0.5) is 4.20 Å². The summed E-state index contributed by atoms with van der Waals surface area (Å²) in [6.07, 6.45) is 1.20. The normalized spacial score (nSPS) is 18.7. The molecule has 0 amide bonds. The average molecular weight is 198 g/mol. The van der Waals surface area contributed by atoms with E-state index < -0.39 is 7.91 Å². The van der Waals surface area contributed by atoms with E-state index >= 15 is 0 Å². The molecule has 0 saturated carbocycles. The highest BCUT2D eigenvalue weighted by Crippen LogP contribution is 2.51. The van der Waals surface area contributed by atoms with Crippen molar-refractivity contribution in [2.24, 2.45) is 0 Å². The lowest BCUT2D eigenvalue weighted by molar-refractivity contribution is 0.131. The third-order valence-electron chi connectivity index (χ3n) is 1.28. The van der Waals surface area contributed by atoms with Crippen LogP contribution in [-0.4, -0.2) is 12.7 Å². The molecule has 0 aromatic rings. The Kier molecular flexibility index (Phi) is 5.72. The summed E-state index contributed by atoms with van der Waals surface area (Å²) in [5, 5.41) is 0. The van der Waals surface area contributed by atoms with E-state index in [1.54, 1.807) is 13.8 Å². The minimum absolute atomic E-state index is 0.0621. The molecule has 2 atom stereocenters. The first-order valence-electron chi connectivity index (χ1n) is 4.14. The maximum Gasteiger partial charge on any atom is 0.513 e. The van der Waals surface area contributed by atoms with E-state index in [-0.39, 0.29) is 12.7 Å². The molecule has 0 aliphatic carbocycles. The zero-order valence-electron chi connectivity index (χ0n) is 7.75. The van der Waals surface area contributed by atoms with Crippen molar-refractivity contribution in [3.05, 3.63) is 0 Å². The summed E-state index contributed by atoms with van der Waals surface area (Å²) in [7, 11) is -4.28. The molecule has 0 N–H and O–H groups in total. The molecule has 12 heavy (non-hydrogen) atoms. The van der Waals surface area contributed by atoms with Crippen LogP contribution < -0.4 is 0 Å². The largest absolute Gasteiger partial charge is 0.513 e. The van der Waals surface area contributed by atoms with E-state index in [2.05, 4.69) is 9.05 Å². The van der Waals surface area contributed by atoms with Crippen LogP contribution in [0, 0.1) is 0 Å². The van der Waals surface area contributed by atoms with E-state index in [9.17, 15) is 8.76 Å². The van der Waals surface area contributed by atoms with Crippen molar-refractivity contribution in [1.82, 2.24) is 0 Å². The fourth-order valence-corrected chi connectivity index (χ4v) is 1.76. The Morgan fingerprint density at radius 1 is 1.50 bits per heavy atom. The first-order chi connectivity index (χ1) is 5.52. The molecule has 74 valence electrons. The van der Waals surface area contributed by atoms with Gasteiger partial charge in [-0.05, 0) is 20.3 Å². The van der Waals surface area contributed by atoms with E-state index in [1.165, 1.54) is 0 Å². The van der Waals surface area contributed by atoms with E-state index in [4.69, 9.17) is 0 Å². The van der Waals surface area contributed by atoms with Gasteiger partial charge in [0, 0.05) is 0 Å². The van der Waals surface area contributed by atoms with Crippen molar-refractivity contribution in [3.8, 4) is 0 Å².